The first kappa shape index (κ1) is 21.4. The molecule has 7 nitrogen and oxygen atoms in total. The lowest BCUT2D eigenvalue weighted by Crippen LogP contribution is -2.50. The lowest BCUT2D eigenvalue weighted by molar-refractivity contribution is -0.137. The van der Waals surface area contributed by atoms with Gasteiger partial charge in [0.05, 0.1) is 5.56 Å². The number of anilines is 1. The Morgan fingerprint density at radius 1 is 1.12 bits per heavy atom. The van der Waals surface area contributed by atoms with E-state index in [0.717, 1.165) is 24.4 Å². The second-order valence-electron chi connectivity index (χ2n) is 8.47. The molecule has 2 amide bonds. The largest absolute Gasteiger partial charge is 0.416 e. The molecule has 0 radical (unpaired) electrons. The standard InChI is InChI=1S/C23H23F3N6O/c1-14(19-4-2-3-9-28-19)17-10-27-11-18(17)21-29-20-12-31(13-32(20)22(33)30-21)16-7-5-15(6-8-16)23(24,25)26/h2-9,12,14,17-18,27H,10-11,13H2,1H3,(H,29,30,33). The fraction of sp³-hybridized carbons (Fsp3) is 0.348. The Hall–Kier alpha value is -3.40. The van der Waals surface area contributed by atoms with E-state index in [1.807, 2.05) is 18.2 Å². The van der Waals surface area contributed by atoms with E-state index in [-0.39, 0.29) is 30.5 Å². The predicted octanol–water partition coefficient (Wildman–Crippen LogP) is 3.74. The molecule has 0 aliphatic carbocycles. The topological polar surface area (TPSA) is 72.9 Å². The van der Waals surface area contributed by atoms with Crippen LogP contribution in [0.4, 0.5) is 23.7 Å². The summed E-state index contributed by atoms with van der Waals surface area (Å²) in [6.45, 7) is 3.79. The molecule has 3 aliphatic heterocycles. The summed E-state index contributed by atoms with van der Waals surface area (Å²) in [5.74, 6) is 1.47. The first-order chi connectivity index (χ1) is 15.8. The van der Waals surface area contributed by atoms with Crippen molar-refractivity contribution in [2.45, 2.75) is 19.0 Å². The molecule has 1 saturated heterocycles. The third kappa shape index (κ3) is 4.06. The molecule has 0 spiro atoms. The highest BCUT2D eigenvalue weighted by atomic mass is 19.4. The number of benzene rings is 1. The fourth-order valence-electron chi connectivity index (χ4n) is 4.62. The van der Waals surface area contributed by atoms with Gasteiger partial charge in [0.15, 0.2) is 5.82 Å². The van der Waals surface area contributed by atoms with Crippen LogP contribution in [0.2, 0.25) is 0 Å². The Morgan fingerprint density at radius 3 is 2.61 bits per heavy atom. The zero-order chi connectivity index (χ0) is 23.2. The summed E-state index contributed by atoms with van der Waals surface area (Å²) in [6.07, 6.45) is -0.919. The number of nitrogens with zero attached hydrogens (tertiary/aromatic N) is 4. The van der Waals surface area contributed by atoms with E-state index in [2.05, 4.69) is 22.5 Å². The summed E-state index contributed by atoms with van der Waals surface area (Å²) in [6, 6.07) is 10.4. The summed E-state index contributed by atoms with van der Waals surface area (Å²) in [4.78, 5) is 25.2. The molecule has 0 bridgehead atoms. The minimum absolute atomic E-state index is 0.00845. The van der Waals surface area contributed by atoms with E-state index in [4.69, 9.17) is 4.99 Å². The van der Waals surface area contributed by atoms with Gasteiger partial charge in [-0.1, -0.05) is 13.0 Å². The van der Waals surface area contributed by atoms with Crippen LogP contribution >= 0.6 is 0 Å². The van der Waals surface area contributed by atoms with Crippen LogP contribution < -0.4 is 15.5 Å². The lowest BCUT2D eigenvalue weighted by atomic mass is 9.82. The molecule has 1 aromatic heterocycles. The molecule has 5 rings (SSSR count). The highest BCUT2D eigenvalue weighted by Crippen LogP contribution is 2.35. The second-order valence-corrected chi connectivity index (χ2v) is 8.47. The Morgan fingerprint density at radius 2 is 1.91 bits per heavy atom. The molecule has 0 saturated carbocycles. The molecule has 33 heavy (non-hydrogen) atoms. The minimum atomic E-state index is -4.39. The number of fused-ring (bicyclic) bond motifs is 1. The molecule has 1 aromatic carbocycles. The number of pyridine rings is 1. The van der Waals surface area contributed by atoms with Crippen molar-refractivity contribution in [1.29, 1.82) is 0 Å². The number of hydrogen-bond donors (Lipinski definition) is 2. The Labute approximate surface area is 189 Å². The Kier molecular flexibility index (Phi) is 5.32. The number of urea groups is 1. The van der Waals surface area contributed by atoms with E-state index < -0.39 is 11.7 Å². The number of amides is 2. The second kappa shape index (κ2) is 8.18. The maximum Gasteiger partial charge on any atom is 0.416 e. The molecule has 2 N–H and O–H groups in total. The third-order valence-corrected chi connectivity index (χ3v) is 6.49. The number of aliphatic imine (C=N–C) groups is 1. The molecule has 10 heteroatoms. The average Bonchev–Trinajstić information content (AvgIpc) is 3.46. The first-order valence-electron chi connectivity index (χ1n) is 10.8. The zero-order valence-electron chi connectivity index (χ0n) is 17.9. The van der Waals surface area contributed by atoms with Crippen LogP contribution in [0.25, 0.3) is 0 Å². The SMILES string of the molecule is CC(c1ccccn1)C1CNCC1C1=NC2=CN(c3ccc(C(F)(F)F)cc3)CN2C(=O)N1. The summed E-state index contributed by atoms with van der Waals surface area (Å²) in [5, 5.41) is 6.33. The number of halogens is 3. The fourth-order valence-corrected chi connectivity index (χ4v) is 4.62. The van der Waals surface area contributed by atoms with E-state index in [1.165, 1.54) is 17.0 Å². The van der Waals surface area contributed by atoms with Gasteiger partial charge in [-0.15, -0.1) is 0 Å². The maximum absolute atomic E-state index is 12.9. The van der Waals surface area contributed by atoms with Crippen molar-refractivity contribution in [2.24, 2.45) is 16.8 Å². The molecule has 172 valence electrons. The minimum Gasteiger partial charge on any atom is -0.326 e. The van der Waals surface area contributed by atoms with Crippen molar-refractivity contribution in [3.05, 3.63) is 71.9 Å². The van der Waals surface area contributed by atoms with Crippen molar-refractivity contribution < 1.29 is 18.0 Å². The smallest absolute Gasteiger partial charge is 0.326 e. The molecule has 4 heterocycles. The van der Waals surface area contributed by atoms with Gasteiger partial charge in [0, 0.05) is 42.2 Å². The molecule has 1 fully saturated rings. The summed E-state index contributed by atoms with van der Waals surface area (Å²) in [5.41, 5.74) is 0.837. The van der Waals surface area contributed by atoms with Gasteiger partial charge in [-0.25, -0.2) is 9.79 Å². The van der Waals surface area contributed by atoms with Gasteiger partial charge >= 0.3 is 12.2 Å². The van der Waals surface area contributed by atoms with Crippen molar-refractivity contribution in [1.82, 2.24) is 20.5 Å². The number of alkyl halides is 3. The first-order valence-corrected chi connectivity index (χ1v) is 10.8. The van der Waals surface area contributed by atoms with Crippen molar-refractivity contribution in [3.8, 4) is 0 Å². The van der Waals surface area contributed by atoms with Crippen LogP contribution in [0.3, 0.4) is 0 Å². The van der Waals surface area contributed by atoms with Crippen molar-refractivity contribution >= 4 is 17.6 Å². The van der Waals surface area contributed by atoms with Crippen LogP contribution in [0.1, 0.15) is 24.1 Å². The number of aromatic nitrogens is 1. The number of carbonyl (C=O) groups excluding carboxylic acids is 1. The van der Waals surface area contributed by atoms with E-state index in [0.29, 0.717) is 23.9 Å². The number of amidine groups is 1. The molecule has 3 unspecified atom stereocenters. The monoisotopic (exact) mass is 456 g/mol. The van der Waals surface area contributed by atoms with E-state index in [1.54, 1.807) is 17.3 Å². The molecular weight excluding hydrogens is 433 g/mol. The molecule has 2 aromatic rings. The molecule has 3 aliphatic rings. The van der Waals surface area contributed by atoms with Crippen LogP contribution in [0, 0.1) is 11.8 Å². The number of rotatable bonds is 4. The number of hydrogen-bond acceptors (Lipinski definition) is 5. The van der Waals surface area contributed by atoms with Crippen LogP contribution in [0.5, 0.6) is 0 Å². The van der Waals surface area contributed by atoms with Crippen molar-refractivity contribution in [2.75, 3.05) is 24.7 Å². The highest BCUT2D eigenvalue weighted by Gasteiger charge is 2.40. The normalized spacial score (nSPS) is 23.7. The third-order valence-electron chi connectivity index (χ3n) is 6.49. The highest BCUT2D eigenvalue weighted by molar-refractivity contribution is 6.02. The van der Waals surface area contributed by atoms with E-state index >= 15 is 0 Å². The zero-order valence-corrected chi connectivity index (χ0v) is 17.9. The number of carbonyl (C=O) groups is 1. The van der Waals surface area contributed by atoms with Gasteiger partial charge in [-0.3, -0.25) is 15.2 Å². The average molecular weight is 456 g/mol. The lowest BCUT2D eigenvalue weighted by Gasteiger charge is -2.30. The molecule has 3 atom stereocenters. The predicted molar refractivity (Wildman–Crippen MR) is 117 cm³/mol. The quantitative estimate of drug-likeness (QED) is 0.735. The summed E-state index contributed by atoms with van der Waals surface area (Å²) >= 11 is 0. The Balaban J connectivity index is 1.38. The number of nitrogens with one attached hydrogen (secondary N) is 2. The Bertz CT molecular complexity index is 1100. The van der Waals surface area contributed by atoms with Crippen LogP contribution in [-0.2, 0) is 6.18 Å². The summed E-state index contributed by atoms with van der Waals surface area (Å²) < 4.78 is 38.6. The summed E-state index contributed by atoms with van der Waals surface area (Å²) in [7, 11) is 0. The molecular formula is C23H23F3N6O. The van der Waals surface area contributed by atoms with Gasteiger partial charge < -0.3 is 10.2 Å². The van der Waals surface area contributed by atoms with Crippen molar-refractivity contribution in [3.63, 3.8) is 0 Å². The van der Waals surface area contributed by atoms with Crippen LogP contribution in [-0.4, -0.2) is 41.5 Å². The maximum atomic E-state index is 12.9. The van der Waals surface area contributed by atoms with Gasteiger partial charge in [0.1, 0.15) is 12.5 Å². The van der Waals surface area contributed by atoms with Gasteiger partial charge in [-0.05, 0) is 48.9 Å². The van der Waals surface area contributed by atoms with Gasteiger partial charge in [0.2, 0.25) is 0 Å². The van der Waals surface area contributed by atoms with Gasteiger partial charge in [-0.2, -0.15) is 13.2 Å². The van der Waals surface area contributed by atoms with Crippen LogP contribution in [0.15, 0.2) is 65.7 Å². The van der Waals surface area contributed by atoms with E-state index in [9.17, 15) is 18.0 Å². The van der Waals surface area contributed by atoms with Gasteiger partial charge in [0.25, 0.3) is 0 Å².